The van der Waals surface area contributed by atoms with Crippen molar-refractivity contribution < 1.29 is 9.63 Å². The minimum absolute atomic E-state index is 0. The fourth-order valence-electron chi connectivity index (χ4n) is 0.816. The Labute approximate surface area is 88.0 Å². The molecular weight excluding hydrogens is 206 g/mol. The van der Waals surface area contributed by atoms with E-state index in [0.29, 0.717) is 11.4 Å². The van der Waals surface area contributed by atoms with E-state index in [0.717, 1.165) is 0 Å². The molecule has 2 amide bonds. The summed E-state index contributed by atoms with van der Waals surface area (Å²) in [7, 11) is 1.36. The molecule has 0 unspecified atom stereocenters. The van der Waals surface area contributed by atoms with E-state index in [-0.39, 0.29) is 12.4 Å². The maximum atomic E-state index is 10.9. The number of hydrogen-bond donors (Lipinski definition) is 3. The summed E-state index contributed by atoms with van der Waals surface area (Å²) in [6.45, 7) is 0. The highest BCUT2D eigenvalue weighted by molar-refractivity contribution is 5.88. The minimum Gasteiger partial charge on any atom is -0.399 e. The SMILES string of the molecule is CONC(=O)Nc1ccc(N)cc1.Cl. The van der Waals surface area contributed by atoms with Gasteiger partial charge in [0.25, 0.3) is 0 Å². The number of halogens is 1. The van der Waals surface area contributed by atoms with Gasteiger partial charge in [0, 0.05) is 11.4 Å². The lowest BCUT2D eigenvalue weighted by atomic mass is 10.3. The zero-order valence-corrected chi connectivity index (χ0v) is 8.43. The maximum absolute atomic E-state index is 10.9. The van der Waals surface area contributed by atoms with Crippen molar-refractivity contribution in [1.29, 1.82) is 0 Å². The largest absolute Gasteiger partial charge is 0.399 e. The summed E-state index contributed by atoms with van der Waals surface area (Å²) >= 11 is 0. The first-order chi connectivity index (χ1) is 6.22. The van der Waals surface area contributed by atoms with E-state index < -0.39 is 6.03 Å². The molecule has 6 heteroatoms. The van der Waals surface area contributed by atoms with Crippen LogP contribution >= 0.6 is 12.4 Å². The summed E-state index contributed by atoms with van der Waals surface area (Å²) < 4.78 is 0. The van der Waals surface area contributed by atoms with Gasteiger partial charge >= 0.3 is 6.03 Å². The molecule has 0 saturated heterocycles. The maximum Gasteiger partial charge on any atom is 0.343 e. The third-order valence-electron chi connectivity index (χ3n) is 1.36. The molecule has 1 aromatic carbocycles. The van der Waals surface area contributed by atoms with Crippen LogP contribution in [0.2, 0.25) is 0 Å². The van der Waals surface area contributed by atoms with Gasteiger partial charge in [-0.1, -0.05) is 0 Å². The molecule has 0 aliphatic carbocycles. The zero-order chi connectivity index (χ0) is 9.68. The van der Waals surface area contributed by atoms with Gasteiger partial charge in [0.2, 0.25) is 0 Å². The smallest absolute Gasteiger partial charge is 0.343 e. The number of hydroxylamine groups is 1. The van der Waals surface area contributed by atoms with Crippen molar-refractivity contribution in [2.24, 2.45) is 0 Å². The van der Waals surface area contributed by atoms with Crippen molar-refractivity contribution in [3.63, 3.8) is 0 Å². The van der Waals surface area contributed by atoms with Gasteiger partial charge in [0.15, 0.2) is 0 Å². The van der Waals surface area contributed by atoms with E-state index in [4.69, 9.17) is 5.73 Å². The van der Waals surface area contributed by atoms with Crippen LogP contribution in [-0.2, 0) is 4.84 Å². The van der Waals surface area contributed by atoms with Crippen LogP contribution in [0.1, 0.15) is 0 Å². The van der Waals surface area contributed by atoms with Gasteiger partial charge in [0.05, 0.1) is 7.11 Å². The molecular formula is C8H12ClN3O2. The number of urea groups is 1. The first-order valence-corrected chi connectivity index (χ1v) is 3.68. The van der Waals surface area contributed by atoms with Crippen molar-refractivity contribution in [3.05, 3.63) is 24.3 Å². The first kappa shape index (κ1) is 12.5. The normalized spacial score (nSPS) is 8.64. The summed E-state index contributed by atoms with van der Waals surface area (Å²) in [6, 6.07) is 6.37. The average molecular weight is 218 g/mol. The van der Waals surface area contributed by atoms with Crippen LogP contribution in [0.4, 0.5) is 16.2 Å². The van der Waals surface area contributed by atoms with E-state index in [1.54, 1.807) is 24.3 Å². The number of hydrogen-bond acceptors (Lipinski definition) is 3. The number of nitrogens with one attached hydrogen (secondary N) is 2. The Kier molecular flexibility index (Phi) is 5.43. The molecule has 14 heavy (non-hydrogen) atoms. The standard InChI is InChI=1S/C8H11N3O2.ClH/c1-13-11-8(12)10-7-4-2-6(9)3-5-7;/h2-5H,9H2,1H3,(H2,10,11,12);1H. The van der Waals surface area contributed by atoms with Gasteiger partial charge in [-0.15, -0.1) is 12.4 Å². The number of carbonyl (C=O) groups is 1. The van der Waals surface area contributed by atoms with Crippen LogP contribution < -0.4 is 16.5 Å². The Hall–Kier alpha value is -1.46. The fourth-order valence-corrected chi connectivity index (χ4v) is 0.816. The van der Waals surface area contributed by atoms with Crippen LogP contribution in [0, 0.1) is 0 Å². The summed E-state index contributed by atoms with van der Waals surface area (Å²) in [5.41, 5.74) is 8.90. The number of nitrogens with two attached hydrogens (primary N) is 1. The van der Waals surface area contributed by atoms with Crippen molar-refractivity contribution in [2.75, 3.05) is 18.2 Å². The molecule has 0 aliphatic heterocycles. The van der Waals surface area contributed by atoms with Crippen LogP contribution in [0.5, 0.6) is 0 Å². The van der Waals surface area contributed by atoms with Gasteiger partial charge in [-0.25, -0.2) is 10.3 Å². The van der Waals surface area contributed by atoms with Gasteiger partial charge in [-0.2, -0.15) is 0 Å². The van der Waals surface area contributed by atoms with Gasteiger partial charge < -0.3 is 11.1 Å². The third-order valence-corrected chi connectivity index (χ3v) is 1.36. The van der Waals surface area contributed by atoms with E-state index in [2.05, 4.69) is 15.6 Å². The molecule has 0 spiro atoms. The van der Waals surface area contributed by atoms with Crippen LogP contribution in [0.25, 0.3) is 0 Å². The predicted octanol–water partition coefficient (Wildman–Crippen LogP) is 1.37. The van der Waals surface area contributed by atoms with E-state index >= 15 is 0 Å². The molecule has 0 radical (unpaired) electrons. The molecule has 4 N–H and O–H groups in total. The molecule has 1 aromatic rings. The highest BCUT2D eigenvalue weighted by Crippen LogP contribution is 2.09. The summed E-state index contributed by atoms with van der Waals surface area (Å²) in [4.78, 5) is 15.3. The van der Waals surface area contributed by atoms with Gasteiger partial charge in [-0.05, 0) is 24.3 Å². The second-order valence-electron chi connectivity index (χ2n) is 2.38. The van der Waals surface area contributed by atoms with Crippen LogP contribution in [0.15, 0.2) is 24.3 Å². The predicted molar refractivity (Wildman–Crippen MR) is 57.3 cm³/mol. The van der Waals surface area contributed by atoms with Gasteiger partial charge in [0.1, 0.15) is 0 Å². The minimum atomic E-state index is -0.424. The molecule has 0 bridgehead atoms. The summed E-state index contributed by atoms with van der Waals surface area (Å²) in [5.74, 6) is 0. The zero-order valence-electron chi connectivity index (χ0n) is 7.61. The Morgan fingerprint density at radius 1 is 1.36 bits per heavy atom. The lowest BCUT2D eigenvalue weighted by molar-refractivity contribution is 0.114. The number of rotatable bonds is 2. The van der Waals surface area contributed by atoms with Crippen molar-refractivity contribution in [2.45, 2.75) is 0 Å². The fraction of sp³-hybridized carbons (Fsp3) is 0.125. The lowest BCUT2D eigenvalue weighted by Crippen LogP contribution is -2.27. The molecule has 78 valence electrons. The molecule has 5 nitrogen and oxygen atoms in total. The van der Waals surface area contributed by atoms with Crippen LogP contribution in [-0.4, -0.2) is 13.1 Å². The average Bonchev–Trinajstić information content (AvgIpc) is 2.09. The Bertz CT molecular complexity index is 289. The third kappa shape index (κ3) is 3.97. The van der Waals surface area contributed by atoms with Crippen molar-refractivity contribution in [1.82, 2.24) is 5.48 Å². The van der Waals surface area contributed by atoms with Crippen molar-refractivity contribution in [3.8, 4) is 0 Å². The molecule has 0 atom stereocenters. The number of nitrogen functional groups attached to an aromatic ring is 1. The lowest BCUT2D eigenvalue weighted by Gasteiger charge is -2.04. The number of anilines is 2. The monoisotopic (exact) mass is 217 g/mol. The number of carbonyl (C=O) groups excluding carboxylic acids is 1. The Balaban J connectivity index is 0.00000169. The molecule has 0 saturated carbocycles. The highest BCUT2D eigenvalue weighted by Gasteiger charge is 1.98. The molecule has 0 aromatic heterocycles. The van der Waals surface area contributed by atoms with Crippen molar-refractivity contribution >= 4 is 29.8 Å². The second-order valence-corrected chi connectivity index (χ2v) is 2.38. The molecule has 0 aliphatic rings. The number of benzene rings is 1. The van der Waals surface area contributed by atoms with Crippen LogP contribution in [0.3, 0.4) is 0 Å². The quantitative estimate of drug-likeness (QED) is 0.517. The second kappa shape index (κ2) is 6.06. The topological polar surface area (TPSA) is 76.4 Å². The Morgan fingerprint density at radius 2 is 1.93 bits per heavy atom. The molecule has 0 heterocycles. The first-order valence-electron chi connectivity index (χ1n) is 3.68. The Morgan fingerprint density at radius 3 is 2.43 bits per heavy atom. The summed E-state index contributed by atoms with van der Waals surface area (Å²) in [5, 5.41) is 2.54. The van der Waals surface area contributed by atoms with E-state index in [1.165, 1.54) is 7.11 Å². The highest BCUT2D eigenvalue weighted by atomic mass is 35.5. The van der Waals surface area contributed by atoms with E-state index in [9.17, 15) is 4.79 Å². The molecule has 0 fully saturated rings. The number of amides is 2. The van der Waals surface area contributed by atoms with Gasteiger partial charge in [-0.3, -0.25) is 4.84 Å². The summed E-state index contributed by atoms with van der Waals surface area (Å²) in [6.07, 6.45) is 0. The van der Waals surface area contributed by atoms with E-state index in [1.807, 2.05) is 0 Å². The molecule has 1 rings (SSSR count).